The number of hydrogen-bond donors (Lipinski definition) is 2. The SMILES string of the molecule is COc1cc(N2C(=S)N[C@@H](c3ccccn3)[C@@H]2c2cc(C)n(-c3c(C)cc(C)cc3C)c2C)ccc1NC(=O)C(C)(C)C. The van der Waals surface area contributed by atoms with Crippen LogP contribution < -0.4 is 20.3 Å². The van der Waals surface area contributed by atoms with Crippen molar-refractivity contribution in [2.75, 3.05) is 17.3 Å². The van der Waals surface area contributed by atoms with Gasteiger partial charge in [0.25, 0.3) is 0 Å². The van der Waals surface area contributed by atoms with Gasteiger partial charge in [-0.05, 0) is 93.9 Å². The van der Waals surface area contributed by atoms with E-state index in [0.29, 0.717) is 16.5 Å². The van der Waals surface area contributed by atoms with Gasteiger partial charge in [0, 0.05) is 34.8 Å². The number of aryl methyl sites for hydroxylation is 4. The van der Waals surface area contributed by atoms with Gasteiger partial charge in [-0.2, -0.15) is 0 Å². The molecule has 1 fully saturated rings. The number of benzene rings is 2. The molecule has 224 valence electrons. The van der Waals surface area contributed by atoms with Crippen molar-refractivity contribution < 1.29 is 9.53 Å². The summed E-state index contributed by atoms with van der Waals surface area (Å²) in [5, 5.41) is 7.19. The first-order chi connectivity index (χ1) is 20.3. The predicted molar refractivity (Wildman–Crippen MR) is 178 cm³/mol. The summed E-state index contributed by atoms with van der Waals surface area (Å²) in [7, 11) is 1.61. The second-order valence-electron chi connectivity index (χ2n) is 12.5. The van der Waals surface area contributed by atoms with Gasteiger partial charge < -0.3 is 24.8 Å². The minimum Gasteiger partial charge on any atom is -0.494 e. The van der Waals surface area contributed by atoms with Crippen molar-refractivity contribution in [3.05, 3.63) is 100 Å². The van der Waals surface area contributed by atoms with E-state index in [2.05, 4.69) is 72.9 Å². The van der Waals surface area contributed by atoms with E-state index in [4.69, 9.17) is 21.9 Å². The highest BCUT2D eigenvalue weighted by atomic mass is 32.1. The first-order valence-corrected chi connectivity index (χ1v) is 15.0. The molecule has 0 aliphatic carbocycles. The van der Waals surface area contributed by atoms with Gasteiger partial charge in [0.15, 0.2) is 5.11 Å². The van der Waals surface area contributed by atoms with Gasteiger partial charge >= 0.3 is 0 Å². The fourth-order valence-corrected chi connectivity index (χ4v) is 6.49. The summed E-state index contributed by atoms with van der Waals surface area (Å²) >= 11 is 6.01. The second-order valence-corrected chi connectivity index (χ2v) is 12.9. The van der Waals surface area contributed by atoms with E-state index in [9.17, 15) is 4.79 Å². The minimum absolute atomic E-state index is 0.0841. The average Bonchev–Trinajstić information content (AvgIpc) is 3.43. The number of aromatic nitrogens is 2. The maximum Gasteiger partial charge on any atom is 0.229 e. The smallest absolute Gasteiger partial charge is 0.229 e. The Hall–Kier alpha value is -4.17. The maximum atomic E-state index is 12.8. The van der Waals surface area contributed by atoms with Crippen molar-refractivity contribution in [1.82, 2.24) is 14.9 Å². The third-order valence-electron chi connectivity index (χ3n) is 8.14. The molecule has 2 aromatic carbocycles. The van der Waals surface area contributed by atoms with Crippen molar-refractivity contribution in [3.8, 4) is 11.4 Å². The summed E-state index contributed by atoms with van der Waals surface area (Å²) < 4.78 is 8.13. The first kappa shape index (κ1) is 30.3. The van der Waals surface area contributed by atoms with Gasteiger partial charge in [0.05, 0.1) is 36.3 Å². The van der Waals surface area contributed by atoms with E-state index in [1.54, 1.807) is 7.11 Å². The lowest BCUT2D eigenvalue weighted by Crippen LogP contribution is -2.30. The molecule has 7 nitrogen and oxygen atoms in total. The summed E-state index contributed by atoms with van der Waals surface area (Å²) in [5.41, 5.74) is 10.2. The van der Waals surface area contributed by atoms with Crippen LogP contribution in [-0.2, 0) is 4.79 Å². The zero-order valence-corrected chi connectivity index (χ0v) is 27.3. The topological polar surface area (TPSA) is 71.4 Å². The monoisotopic (exact) mass is 595 g/mol. The van der Waals surface area contributed by atoms with E-state index in [1.165, 1.54) is 22.4 Å². The molecule has 1 amide bonds. The van der Waals surface area contributed by atoms with Crippen LogP contribution in [0.3, 0.4) is 0 Å². The number of methoxy groups -OCH3 is 1. The van der Waals surface area contributed by atoms with Gasteiger partial charge in [-0.3, -0.25) is 9.78 Å². The molecule has 1 aliphatic rings. The molecule has 1 saturated heterocycles. The van der Waals surface area contributed by atoms with Crippen LogP contribution in [0.15, 0.2) is 60.8 Å². The molecular weight excluding hydrogens is 554 g/mol. The number of anilines is 2. The molecule has 0 spiro atoms. The largest absolute Gasteiger partial charge is 0.494 e. The van der Waals surface area contributed by atoms with Gasteiger partial charge in [-0.1, -0.05) is 44.5 Å². The first-order valence-electron chi connectivity index (χ1n) is 14.6. The Morgan fingerprint density at radius 3 is 2.30 bits per heavy atom. The Morgan fingerprint density at radius 1 is 1.00 bits per heavy atom. The molecule has 8 heteroatoms. The molecule has 2 atom stereocenters. The molecule has 0 saturated carbocycles. The lowest BCUT2D eigenvalue weighted by Gasteiger charge is -2.29. The van der Waals surface area contributed by atoms with Crippen molar-refractivity contribution in [3.63, 3.8) is 0 Å². The third kappa shape index (κ3) is 5.64. The second kappa shape index (κ2) is 11.5. The lowest BCUT2D eigenvalue weighted by molar-refractivity contribution is -0.123. The number of thiocarbonyl (C=S) groups is 1. The van der Waals surface area contributed by atoms with Crippen LogP contribution in [0.2, 0.25) is 0 Å². The quantitative estimate of drug-likeness (QED) is 0.224. The highest BCUT2D eigenvalue weighted by Gasteiger charge is 2.42. The van der Waals surface area contributed by atoms with Crippen LogP contribution in [0.25, 0.3) is 5.69 Å². The molecule has 2 N–H and O–H groups in total. The van der Waals surface area contributed by atoms with Crippen LogP contribution in [0.5, 0.6) is 5.75 Å². The Balaban J connectivity index is 1.66. The number of rotatable bonds is 6. The summed E-state index contributed by atoms with van der Waals surface area (Å²) in [5.74, 6) is 0.480. The normalized spacial score (nSPS) is 16.8. The zero-order chi connectivity index (χ0) is 31.2. The van der Waals surface area contributed by atoms with Crippen molar-refractivity contribution >= 4 is 34.6 Å². The standard InChI is InChI=1S/C35H41N5O2S/c1-20-16-21(2)31(22(3)17-20)39-23(4)18-26(24(39)5)32-30(28-12-10-11-15-36-28)38-34(43)40(32)25-13-14-27(29(19-25)42-9)37-33(41)35(6,7)8/h10-19,30,32H,1-9H3,(H,37,41)(H,38,43)/t30-,32-/m0/s1. The number of hydrogen-bond acceptors (Lipinski definition) is 4. The highest BCUT2D eigenvalue weighted by Crippen LogP contribution is 2.45. The van der Waals surface area contributed by atoms with Crippen LogP contribution >= 0.6 is 12.2 Å². The van der Waals surface area contributed by atoms with Crippen molar-refractivity contribution in [2.45, 2.75) is 67.5 Å². The van der Waals surface area contributed by atoms with Crippen LogP contribution in [0.1, 0.15) is 72.2 Å². The fourth-order valence-electron chi connectivity index (χ4n) is 6.15. The van der Waals surface area contributed by atoms with Gasteiger partial charge in [-0.15, -0.1) is 0 Å². The van der Waals surface area contributed by atoms with Gasteiger partial charge in [-0.25, -0.2) is 0 Å². The van der Waals surface area contributed by atoms with E-state index in [1.807, 2.05) is 63.4 Å². The molecule has 0 bridgehead atoms. The Morgan fingerprint density at radius 2 is 1.70 bits per heavy atom. The van der Waals surface area contributed by atoms with Crippen LogP contribution in [0.4, 0.5) is 11.4 Å². The Kier molecular flexibility index (Phi) is 8.09. The van der Waals surface area contributed by atoms with E-state index >= 15 is 0 Å². The Bertz CT molecular complexity index is 1680. The van der Waals surface area contributed by atoms with E-state index in [-0.39, 0.29) is 18.0 Å². The van der Waals surface area contributed by atoms with Crippen molar-refractivity contribution in [2.24, 2.45) is 5.41 Å². The number of ether oxygens (including phenoxy) is 1. The molecule has 3 heterocycles. The predicted octanol–water partition coefficient (Wildman–Crippen LogP) is 7.58. The van der Waals surface area contributed by atoms with Crippen molar-refractivity contribution in [1.29, 1.82) is 0 Å². The van der Waals surface area contributed by atoms with Crippen LogP contribution in [-0.4, -0.2) is 27.7 Å². The zero-order valence-electron chi connectivity index (χ0n) is 26.5. The molecule has 0 radical (unpaired) electrons. The third-order valence-corrected chi connectivity index (χ3v) is 8.45. The summed E-state index contributed by atoms with van der Waals surface area (Å²) in [6.07, 6.45) is 1.82. The number of nitrogens with one attached hydrogen (secondary N) is 2. The van der Waals surface area contributed by atoms with E-state index < -0.39 is 5.41 Å². The summed E-state index contributed by atoms with van der Waals surface area (Å²) in [6, 6.07) is 18.1. The number of carbonyl (C=O) groups excluding carboxylic acids is 1. The molecular formula is C35H41N5O2S. The molecule has 2 aromatic heterocycles. The maximum absolute atomic E-state index is 12.8. The van der Waals surface area contributed by atoms with Gasteiger partial charge in [0.1, 0.15) is 5.75 Å². The molecule has 43 heavy (non-hydrogen) atoms. The summed E-state index contributed by atoms with van der Waals surface area (Å²) in [6.45, 7) is 16.5. The number of pyridine rings is 1. The average molecular weight is 596 g/mol. The molecule has 4 aromatic rings. The molecule has 1 aliphatic heterocycles. The summed E-state index contributed by atoms with van der Waals surface area (Å²) in [4.78, 5) is 19.6. The highest BCUT2D eigenvalue weighted by molar-refractivity contribution is 7.80. The molecule has 5 rings (SSSR count). The number of amides is 1. The number of carbonyl (C=O) groups is 1. The fraction of sp³-hybridized carbons (Fsp3) is 0.343. The van der Waals surface area contributed by atoms with Crippen LogP contribution in [0, 0.1) is 40.0 Å². The lowest BCUT2D eigenvalue weighted by atomic mass is 9.95. The Labute approximate surface area is 260 Å². The van der Waals surface area contributed by atoms with Gasteiger partial charge in [0.2, 0.25) is 5.91 Å². The van der Waals surface area contributed by atoms with E-state index in [0.717, 1.165) is 28.3 Å². The molecule has 0 unspecified atom stereocenters. The minimum atomic E-state index is -0.540. The number of nitrogens with zero attached hydrogens (tertiary/aromatic N) is 3.